The number of benzene rings is 2. The molecule has 1 aliphatic rings. The summed E-state index contributed by atoms with van der Waals surface area (Å²) >= 11 is 0. The molecule has 0 spiro atoms. The second-order valence-corrected chi connectivity index (χ2v) is 11.3. The van der Waals surface area contributed by atoms with Crippen molar-refractivity contribution in [3.8, 4) is 0 Å². The molecule has 0 unspecified atom stereocenters. The summed E-state index contributed by atoms with van der Waals surface area (Å²) in [5.41, 5.74) is 2.97. The number of rotatable bonds is 6. The van der Waals surface area contributed by atoms with Gasteiger partial charge >= 0.3 is 0 Å². The fourth-order valence-corrected chi connectivity index (χ4v) is 6.07. The van der Waals surface area contributed by atoms with E-state index in [1.165, 1.54) is 12.0 Å². The zero-order valence-corrected chi connectivity index (χ0v) is 20.9. The Bertz CT molecular complexity index is 1010. The third kappa shape index (κ3) is 7.97. The van der Waals surface area contributed by atoms with Crippen LogP contribution in [0.4, 0.5) is 0 Å². The summed E-state index contributed by atoms with van der Waals surface area (Å²) in [6, 6.07) is 16.0. The van der Waals surface area contributed by atoms with Gasteiger partial charge in [-0.1, -0.05) is 55.3 Å². The molecular weight excluding hydrogens is 432 g/mol. The van der Waals surface area contributed by atoms with Crippen LogP contribution in [0, 0.1) is 13.8 Å². The van der Waals surface area contributed by atoms with Crippen molar-refractivity contribution < 1.29 is 13.2 Å². The molecule has 180 valence electrons. The molecule has 1 amide bonds. The van der Waals surface area contributed by atoms with Gasteiger partial charge in [0.2, 0.25) is 5.91 Å². The van der Waals surface area contributed by atoms with Gasteiger partial charge in [0.15, 0.2) is 9.84 Å². The SMILES string of the molecule is Cc1ccc(C)c(S(=O)(=O)CCC(=O)N2CCCCCCN(Cc3ccccc3)CCC2)c1. The number of hydrogen-bond acceptors (Lipinski definition) is 4. The molecule has 1 saturated heterocycles. The van der Waals surface area contributed by atoms with Gasteiger partial charge in [0.25, 0.3) is 0 Å². The highest BCUT2D eigenvalue weighted by atomic mass is 32.2. The lowest BCUT2D eigenvalue weighted by Gasteiger charge is -2.25. The van der Waals surface area contributed by atoms with E-state index in [0.717, 1.165) is 63.0 Å². The zero-order chi connectivity index (χ0) is 23.7. The van der Waals surface area contributed by atoms with E-state index in [1.54, 1.807) is 6.07 Å². The summed E-state index contributed by atoms with van der Waals surface area (Å²) in [4.78, 5) is 17.7. The number of sulfone groups is 1. The van der Waals surface area contributed by atoms with Crippen LogP contribution in [-0.2, 0) is 21.2 Å². The predicted molar refractivity (Wildman–Crippen MR) is 134 cm³/mol. The van der Waals surface area contributed by atoms with E-state index in [1.807, 2.05) is 36.9 Å². The summed E-state index contributed by atoms with van der Waals surface area (Å²) in [5.74, 6) is -0.176. The van der Waals surface area contributed by atoms with E-state index in [9.17, 15) is 13.2 Å². The highest BCUT2D eigenvalue weighted by molar-refractivity contribution is 7.91. The first-order valence-electron chi connectivity index (χ1n) is 12.2. The van der Waals surface area contributed by atoms with Gasteiger partial charge in [-0.05, 0) is 62.4 Å². The molecule has 2 aromatic carbocycles. The highest BCUT2D eigenvalue weighted by Gasteiger charge is 2.22. The molecular formula is C27H38N2O3S. The molecule has 3 rings (SSSR count). The zero-order valence-electron chi connectivity index (χ0n) is 20.1. The molecule has 0 radical (unpaired) electrons. The van der Waals surface area contributed by atoms with Crippen molar-refractivity contribution in [3.63, 3.8) is 0 Å². The van der Waals surface area contributed by atoms with E-state index >= 15 is 0 Å². The average Bonchev–Trinajstić information content (AvgIpc) is 2.85. The minimum Gasteiger partial charge on any atom is -0.343 e. The van der Waals surface area contributed by atoms with Crippen molar-refractivity contribution in [1.29, 1.82) is 0 Å². The fourth-order valence-electron chi connectivity index (χ4n) is 4.48. The van der Waals surface area contributed by atoms with Gasteiger partial charge in [-0.25, -0.2) is 8.42 Å². The molecule has 1 fully saturated rings. The Hall–Kier alpha value is -2.18. The second kappa shape index (κ2) is 12.3. The monoisotopic (exact) mass is 470 g/mol. The van der Waals surface area contributed by atoms with Gasteiger partial charge in [-0.2, -0.15) is 0 Å². The van der Waals surface area contributed by atoms with Crippen LogP contribution < -0.4 is 0 Å². The van der Waals surface area contributed by atoms with Crippen molar-refractivity contribution in [2.75, 3.05) is 31.9 Å². The summed E-state index contributed by atoms with van der Waals surface area (Å²) in [6.07, 6.45) is 5.37. The van der Waals surface area contributed by atoms with Crippen LogP contribution in [0.5, 0.6) is 0 Å². The summed E-state index contributed by atoms with van der Waals surface area (Å²) in [6.45, 7) is 8.07. The first kappa shape index (κ1) is 25.4. The smallest absolute Gasteiger partial charge is 0.223 e. The molecule has 1 aliphatic heterocycles. The third-order valence-electron chi connectivity index (χ3n) is 6.42. The first-order chi connectivity index (χ1) is 15.8. The molecule has 6 heteroatoms. The molecule has 2 aromatic rings. The number of hydrogen-bond donors (Lipinski definition) is 0. The molecule has 0 saturated carbocycles. The Labute approximate surface area is 199 Å². The standard InChI is InChI=1S/C27H38N2O3S/c1-23-13-14-24(2)26(21-23)33(31,32)20-15-27(30)29-18-9-4-3-8-16-28(17-10-19-29)22-25-11-6-5-7-12-25/h5-7,11-14,21H,3-4,8-10,15-20,22H2,1-2H3. The van der Waals surface area contributed by atoms with Crippen molar-refractivity contribution in [2.24, 2.45) is 0 Å². The van der Waals surface area contributed by atoms with Gasteiger partial charge in [-0.15, -0.1) is 0 Å². The maximum atomic E-state index is 13.0. The largest absolute Gasteiger partial charge is 0.343 e. The van der Waals surface area contributed by atoms with Crippen molar-refractivity contribution in [1.82, 2.24) is 9.80 Å². The molecule has 0 aliphatic carbocycles. The minimum absolute atomic E-state index is 0.0438. The molecule has 0 atom stereocenters. The van der Waals surface area contributed by atoms with Gasteiger partial charge < -0.3 is 4.90 Å². The van der Waals surface area contributed by atoms with Gasteiger partial charge in [-0.3, -0.25) is 9.69 Å². The Morgan fingerprint density at radius 3 is 2.27 bits per heavy atom. The van der Waals surface area contributed by atoms with Crippen molar-refractivity contribution >= 4 is 15.7 Å². The van der Waals surface area contributed by atoms with Gasteiger partial charge in [0.1, 0.15) is 0 Å². The summed E-state index contributed by atoms with van der Waals surface area (Å²) in [7, 11) is -3.48. The lowest BCUT2D eigenvalue weighted by Crippen LogP contribution is -2.35. The summed E-state index contributed by atoms with van der Waals surface area (Å²) < 4.78 is 25.8. The number of amides is 1. The number of carbonyl (C=O) groups is 1. The number of nitrogens with zero attached hydrogens (tertiary/aromatic N) is 2. The predicted octanol–water partition coefficient (Wildman–Crippen LogP) is 4.76. The van der Waals surface area contributed by atoms with Gasteiger partial charge in [0, 0.05) is 32.6 Å². The van der Waals surface area contributed by atoms with Crippen molar-refractivity contribution in [3.05, 3.63) is 65.2 Å². The third-order valence-corrected chi connectivity index (χ3v) is 8.27. The molecule has 0 bridgehead atoms. The lowest BCUT2D eigenvalue weighted by atomic mass is 10.1. The summed E-state index contributed by atoms with van der Waals surface area (Å²) in [5, 5.41) is 0. The van der Waals surface area contributed by atoms with Crippen LogP contribution in [-0.4, -0.2) is 56.1 Å². The molecule has 0 N–H and O–H groups in total. The van der Waals surface area contributed by atoms with E-state index in [-0.39, 0.29) is 18.1 Å². The molecule has 5 nitrogen and oxygen atoms in total. The number of carbonyl (C=O) groups excluding carboxylic acids is 1. The normalized spacial score (nSPS) is 16.8. The van der Waals surface area contributed by atoms with Crippen LogP contribution in [0.3, 0.4) is 0 Å². The van der Waals surface area contributed by atoms with E-state index < -0.39 is 9.84 Å². The Balaban J connectivity index is 1.58. The minimum atomic E-state index is -3.48. The maximum Gasteiger partial charge on any atom is 0.223 e. The van der Waals surface area contributed by atoms with Crippen LogP contribution in [0.1, 0.15) is 55.2 Å². The lowest BCUT2D eigenvalue weighted by molar-refractivity contribution is -0.131. The Morgan fingerprint density at radius 2 is 1.52 bits per heavy atom. The topological polar surface area (TPSA) is 57.7 Å². The number of aryl methyl sites for hydroxylation is 2. The Kier molecular flexibility index (Phi) is 9.51. The van der Waals surface area contributed by atoms with E-state index in [4.69, 9.17) is 0 Å². The molecule has 1 heterocycles. The van der Waals surface area contributed by atoms with Gasteiger partial charge in [0.05, 0.1) is 10.6 Å². The van der Waals surface area contributed by atoms with Crippen LogP contribution in [0.25, 0.3) is 0 Å². The molecule has 33 heavy (non-hydrogen) atoms. The Morgan fingerprint density at radius 1 is 0.848 bits per heavy atom. The average molecular weight is 471 g/mol. The van der Waals surface area contributed by atoms with Crippen LogP contribution in [0.2, 0.25) is 0 Å². The maximum absolute atomic E-state index is 13.0. The van der Waals surface area contributed by atoms with Crippen LogP contribution in [0.15, 0.2) is 53.4 Å². The second-order valence-electron chi connectivity index (χ2n) is 9.25. The quantitative estimate of drug-likeness (QED) is 0.611. The van der Waals surface area contributed by atoms with Crippen LogP contribution >= 0.6 is 0 Å². The van der Waals surface area contributed by atoms with Crippen molar-refractivity contribution in [2.45, 2.75) is 63.8 Å². The first-order valence-corrected chi connectivity index (χ1v) is 13.8. The van der Waals surface area contributed by atoms with E-state index in [0.29, 0.717) is 11.4 Å². The molecule has 0 aromatic heterocycles. The van der Waals surface area contributed by atoms with E-state index in [2.05, 4.69) is 29.2 Å². The highest BCUT2D eigenvalue weighted by Crippen LogP contribution is 2.19. The fraction of sp³-hybridized carbons (Fsp3) is 0.519.